The molecule has 8 heteroatoms. The summed E-state index contributed by atoms with van der Waals surface area (Å²) in [5.41, 5.74) is 6.53. The number of hydrogen-bond acceptors (Lipinski definition) is 4. The molecule has 0 aliphatic carbocycles. The van der Waals surface area contributed by atoms with Gasteiger partial charge in [-0.25, -0.2) is 4.68 Å². The van der Waals surface area contributed by atoms with Crippen LogP contribution in [0, 0.1) is 0 Å². The number of halogens is 1. The summed E-state index contributed by atoms with van der Waals surface area (Å²) in [5.74, 6) is -1.31. The van der Waals surface area contributed by atoms with Crippen LogP contribution >= 0.6 is 11.6 Å². The van der Waals surface area contributed by atoms with Crippen LogP contribution in [0.1, 0.15) is 46.2 Å². The fourth-order valence-corrected chi connectivity index (χ4v) is 2.92. The first kappa shape index (κ1) is 19.4. The minimum absolute atomic E-state index is 0.00667. The summed E-state index contributed by atoms with van der Waals surface area (Å²) in [4.78, 5) is 24.8. The fourth-order valence-electron chi connectivity index (χ4n) is 2.79. The second-order valence-electron chi connectivity index (χ2n) is 6.41. The molecule has 3 N–H and O–H groups in total. The third-order valence-corrected chi connectivity index (χ3v) is 4.36. The fraction of sp³-hybridized carbons (Fsp3) is 0.150. The predicted molar refractivity (Wildman–Crippen MR) is 106 cm³/mol. The number of phenols is 1. The Hall–Kier alpha value is -3.32. The van der Waals surface area contributed by atoms with Crippen LogP contribution in [-0.2, 0) is 0 Å². The van der Waals surface area contributed by atoms with Crippen molar-refractivity contribution in [1.29, 1.82) is 0 Å². The number of nitrogens with one attached hydrogen (secondary N) is 2. The molecule has 0 radical (unpaired) electrons. The van der Waals surface area contributed by atoms with Gasteiger partial charge in [-0.1, -0.05) is 37.6 Å². The van der Waals surface area contributed by atoms with Gasteiger partial charge < -0.3 is 5.11 Å². The zero-order valence-electron chi connectivity index (χ0n) is 15.3. The van der Waals surface area contributed by atoms with Crippen molar-refractivity contribution in [2.75, 3.05) is 0 Å². The molecule has 0 unspecified atom stereocenters. The van der Waals surface area contributed by atoms with Crippen LogP contribution in [0.4, 0.5) is 0 Å². The summed E-state index contributed by atoms with van der Waals surface area (Å²) in [6.45, 7) is 3.89. The highest BCUT2D eigenvalue weighted by atomic mass is 35.5. The lowest BCUT2D eigenvalue weighted by molar-refractivity contribution is 0.0844. The molecule has 0 aliphatic rings. The maximum atomic E-state index is 12.6. The van der Waals surface area contributed by atoms with E-state index >= 15 is 0 Å². The Bertz CT molecular complexity index is 1010. The van der Waals surface area contributed by atoms with E-state index in [2.05, 4.69) is 16.0 Å². The monoisotopic (exact) mass is 398 g/mol. The number of aromatic nitrogens is 2. The van der Waals surface area contributed by atoms with Crippen LogP contribution in [0.25, 0.3) is 5.69 Å². The lowest BCUT2D eigenvalue weighted by Gasteiger charge is -2.13. The molecule has 2 aromatic carbocycles. The average molecular weight is 399 g/mol. The highest BCUT2D eigenvalue weighted by Crippen LogP contribution is 2.24. The third kappa shape index (κ3) is 3.99. The Labute approximate surface area is 166 Å². The third-order valence-electron chi connectivity index (χ3n) is 4.11. The summed E-state index contributed by atoms with van der Waals surface area (Å²) >= 11 is 5.94. The number of hydrazine groups is 1. The molecule has 0 spiro atoms. The van der Waals surface area contributed by atoms with E-state index < -0.39 is 11.8 Å². The summed E-state index contributed by atoms with van der Waals surface area (Å²) in [5, 5.41) is 14.7. The van der Waals surface area contributed by atoms with Crippen molar-refractivity contribution in [2.24, 2.45) is 0 Å². The van der Waals surface area contributed by atoms with Crippen molar-refractivity contribution in [3.63, 3.8) is 0 Å². The molecule has 1 aromatic heterocycles. The molecule has 7 nitrogen and oxygen atoms in total. The van der Waals surface area contributed by atoms with E-state index in [0.717, 1.165) is 5.69 Å². The summed E-state index contributed by atoms with van der Waals surface area (Å²) in [7, 11) is 0. The number of carbonyl (C=O) groups excluding carboxylic acids is 2. The van der Waals surface area contributed by atoms with Crippen molar-refractivity contribution in [3.8, 4) is 11.4 Å². The summed E-state index contributed by atoms with van der Waals surface area (Å²) in [6, 6.07) is 13.2. The average Bonchev–Trinajstić information content (AvgIpc) is 3.12. The van der Waals surface area contributed by atoms with Gasteiger partial charge in [-0.05, 0) is 42.3 Å². The summed E-state index contributed by atoms with van der Waals surface area (Å²) < 4.78 is 1.67. The van der Waals surface area contributed by atoms with Gasteiger partial charge in [0.15, 0.2) is 0 Å². The Morgan fingerprint density at radius 1 is 1.00 bits per heavy atom. The number of carbonyl (C=O) groups is 2. The van der Waals surface area contributed by atoms with Gasteiger partial charge in [0.05, 0.1) is 28.7 Å². The van der Waals surface area contributed by atoms with E-state index in [1.165, 1.54) is 18.3 Å². The first-order chi connectivity index (χ1) is 13.4. The molecular weight excluding hydrogens is 380 g/mol. The summed E-state index contributed by atoms with van der Waals surface area (Å²) in [6.07, 6.45) is 1.45. The van der Waals surface area contributed by atoms with Crippen LogP contribution in [-0.4, -0.2) is 26.7 Å². The van der Waals surface area contributed by atoms with Crippen molar-refractivity contribution in [2.45, 2.75) is 19.8 Å². The molecule has 2 amide bonds. The number of hydrogen-bond donors (Lipinski definition) is 3. The Morgan fingerprint density at radius 3 is 2.21 bits per heavy atom. The van der Waals surface area contributed by atoms with E-state index in [-0.39, 0.29) is 17.2 Å². The van der Waals surface area contributed by atoms with E-state index in [1.54, 1.807) is 28.9 Å². The molecule has 0 saturated heterocycles. The van der Waals surface area contributed by atoms with E-state index in [4.69, 9.17) is 11.6 Å². The molecule has 1 heterocycles. The maximum absolute atomic E-state index is 12.6. The van der Waals surface area contributed by atoms with E-state index in [9.17, 15) is 14.7 Å². The topological polar surface area (TPSA) is 96.2 Å². The highest BCUT2D eigenvalue weighted by molar-refractivity contribution is 6.30. The van der Waals surface area contributed by atoms with Gasteiger partial charge >= 0.3 is 0 Å². The molecule has 144 valence electrons. The van der Waals surface area contributed by atoms with Gasteiger partial charge in [-0.3, -0.25) is 20.4 Å². The number of amides is 2. The van der Waals surface area contributed by atoms with Crippen molar-refractivity contribution < 1.29 is 14.7 Å². The first-order valence-electron chi connectivity index (χ1n) is 8.61. The van der Waals surface area contributed by atoms with E-state index in [0.29, 0.717) is 16.3 Å². The van der Waals surface area contributed by atoms with Crippen LogP contribution in [0.5, 0.6) is 5.75 Å². The zero-order chi connectivity index (χ0) is 20.3. The molecule has 0 saturated carbocycles. The smallest absolute Gasteiger partial charge is 0.273 e. The quantitative estimate of drug-likeness (QED) is 0.586. The lowest BCUT2D eigenvalue weighted by Crippen LogP contribution is -2.42. The van der Waals surface area contributed by atoms with Gasteiger partial charge in [0, 0.05) is 5.02 Å². The minimum Gasteiger partial charge on any atom is -0.507 e. The molecule has 0 fully saturated rings. The number of benzene rings is 2. The molecule has 0 atom stereocenters. The first-order valence-corrected chi connectivity index (χ1v) is 8.98. The second kappa shape index (κ2) is 8.14. The Kier molecular flexibility index (Phi) is 5.65. The van der Waals surface area contributed by atoms with Crippen LogP contribution in [0.3, 0.4) is 0 Å². The normalized spacial score (nSPS) is 10.7. The number of aromatic hydroxyl groups is 1. The second-order valence-corrected chi connectivity index (χ2v) is 6.85. The molecule has 0 aliphatic heterocycles. The van der Waals surface area contributed by atoms with Gasteiger partial charge in [0.2, 0.25) is 0 Å². The molecule has 3 rings (SSSR count). The van der Waals surface area contributed by atoms with Gasteiger partial charge in [-0.2, -0.15) is 5.10 Å². The van der Waals surface area contributed by atoms with Crippen LogP contribution in [0.2, 0.25) is 5.02 Å². The van der Waals surface area contributed by atoms with Gasteiger partial charge in [0.25, 0.3) is 11.8 Å². The lowest BCUT2D eigenvalue weighted by atomic mass is 10.1. The molecule has 3 aromatic rings. The molecule has 28 heavy (non-hydrogen) atoms. The number of rotatable bonds is 4. The van der Waals surface area contributed by atoms with Crippen LogP contribution < -0.4 is 10.9 Å². The maximum Gasteiger partial charge on any atom is 0.273 e. The largest absolute Gasteiger partial charge is 0.507 e. The number of phenolic OH excluding ortho intramolecular Hbond substituents is 1. The van der Waals surface area contributed by atoms with E-state index in [1.807, 2.05) is 26.0 Å². The van der Waals surface area contributed by atoms with Crippen molar-refractivity contribution >= 4 is 23.4 Å². The van der Waals surface area contributed by atoms with Gasteiger partial charge in [0.1, 0.15) is 5.75 Å². The highest BCUT2D eigenvalue weighted by Gasteiger charge is 2.21. The minimum atomic E-state index is -0.623. The Balaban J connectivity index is 1.81. The van der Waals surface area contributed by atoms with Crippen molar-refractivity contribution in [1.82, 2.24) is 20.6 Å². The predicted octanol–water partition coefficient (Wildman–Crippen LogP) is 3.43. The number of para-hydroxylation sites is 1. The molecular formula is C20H19ClN4O3. The zero-order valence-corrected chi connectivity index (χ0v) is 16.1. The Morgan fingerprint density at radius 2 is 1.61 bits per heavy atom. The number of nitrogens with zero attached hydrogens (tertiary/aromatic N) is 2. The van der Waals surface area contributed by atoms with Gasteiger partial charge in [-0.15, -0.1) is 0 Å². The SMILES string of the molecule is CC(C)c1c(C(=O)NNC(=O)c2ccccc2O)cnn1-c1ccc(Cl)cc1. The standard InChI is InChI=1S/C20H19ClN4O3/c1-12(2)18-16(11-22-25(18)14-9-7-13(21)8-10-14)20(28)24-23-19(27)15-5-3-4-6-17(15)26/h3-12,26H,1-2H3,(H,23,27)(H,24,28). The van der Waals surface area contributed by atoms with Crippen molar-refractivity contribution in [3.05, 3.63) is 76.6 Å². The van der Waals surface area contributed by atoms with Crippen LogP contribution in [0.15, 0.2) is 54.7 Å². The molecule has 0 bridgehead atoms.